The van der Waals surface area contributed by atoms with Gasteiger partial charge in [-0.15, -0.1) is 0 Å². The van der Waals surface area contributed by atoms with E-state index in [4.69, 9.17) is 14.7 Å². The average Bonchev–Trinajstić information content (AvgIpc) is 3.04. The summed E-state index contributed by atoms with van der Waals surface area (Å²) in [6.07, 6.45) is 18.8. The van der Waals surface area contributed by atoms with Crippen LogP contribution >= 0.6 is 0 Å². The molecule has 0 fully saturated rings. The molecular weight excluding hydrogens is 532 g/mol. The lowest BCUT2D eigenvalue weighted by molar-refractivity contribution is 0.299. The standard InChI is InChI=1S/C38H50N2O3/c1-2-3-4-5-7-10-13-26-40-31-35-22-25-37(29-38(35)41)43-28-15-12-9-6-8-11-14-27-42-36-23-20-34(21-24-36)33-18-16-32(30-39)17-19-33/h16-25,29,31,41H,2-15,26-28H2,1H3. The lowest BCUT2D eigenvalue weighted by Crippen LogP contribution is -1.98. The highest BCUT2D eigenvalue weighted by Gasteiger charge is 2.03. The van der Waals surface area contributed by atoms with Gasteiger partial charge >= 0.3 is 0 Å². The van der Waals surface area contributed by atoms with Gasteiger partial charge in [0.15, 0.2) is 0 Å². The van der Waals surface area contributed by atoms with Gasteiger partial charge in [0, 0.05) is 24.4 Å². The molecule has 0 heterocycles. The van der Waals surface area contributed by atoms with Crippen molar-refractivity contribution >= 4 is 6.21 Å². The normalized spacial score (nSPS) is 11.1. The van der Waals surface area contributed by atoms with E-state index in [-0.39, 0.29) is 5.75 Å². The molecule has 0 aliphatic rings. The topological polar surface area (TPSA) is 74.8 Å². The third-order valence-corrected chi connectivity index (χ3v) is 7.65. The van der Waals surface area contributed by atoms with Crippen molar-refractivity contribution in [3.05, 3.63) is 77.9 Å². The average molecular weight is 583 g/mol. The maximum absolute atomic E-state index is 10.3. The Morgan fingerprint density at radius 3 is 1.74 bits per heavy atom. The van der Waals surface area contributed by atoms with Gasteiger partial charge < -0.3 is 14.6 Å². The molecule has 0 aliphatic heterocycles. The van der Waals surface area contributed by atoms with Gasteiger partial charge in [-0.05, 0) is 66.8 Å². The number of nitrogens with zero attached hydrogens (tertiary/aromatic N) is 2. The van der Waals surface area contributed by atoms with Gasteiger partial charge in [-0.25, -0.2) is 0 Å². The van der Waals surface area contributed by atoms with E-state index in [0.717, 1.165) is 61.3 Å². The van der Waals surface area contributed by atoms with Gasteiger partial charge in [0.05, 0.1) is 24.8 Å². The largest absolute Gasteiger partial charge is 0.507 e. The molecule has 0 radical (unpaired) electrons. The van der Waals surface area contributed by atoms with E-state index < -0.39 is 0 Å². The summed E-state index contributed by atoms with van der Waals surface area (Å²) in [5.74, 6) is 1.84. The molecule has 3 rings (SSSR count). The SMILES string of the molecule is CCCCCCCCCN=Cc1ccc(OCCCCCCCCCOc2ccc(-c3ccc(C#N)cc3)cc2)cc1O. The highest BCUT2D eigenvalue weighted by molar-refractivity contribution is 5.83. The molecule has 3 aromatic carbocycles. The maximum atomic E-state index is 10.3. The molecule has 0 aliphatic carbocycles. The second-order valence-electron chi connectivity index (χ2n) is 11.3. The molecule has 0 amide bonds. The van der Waals surface area contributed by atoms with Crippen molar-refractivity contribution in [1.29, 1.82) is 5.26 Å². The van der Waals surface area contributed by atoms with Crippen molar-refractivity contribution in [2.75, 3.05) is 19.8 Å². The van der Waals surface area contributed by atoms with Gasteiger partial charge in [0.2, 0.25) is 0 Å². The fourth-order valence-corrected chi connectivity index (χ4v) is 4.99. The fraction of sp³-hybridized carbons (Fsp3) is 0.474. The summed E-state index contributed by atoms with van der Waals surface area (Å²) in [4.78, 5) is 4.48. The third-order valence-electron chi connectivity index (χ3n) is 7.65. The zero-order valence-electron chi connectivity index (χ0n) is 26.1. The summed E-state index contributed by atoms with van der Waals surface area (Å²) in [6, 6.07) is 23.4. The van der Waals surface area contributed by atoms with Crippen LogP contribution in [-0.4, -0.2) is 31.1 Å². The summed E-state index contributed by atoms with van der Waals surface area (Å²) in [7, 11) is 0. The minimum absolute atomic E-state index is 0.227. The molecule has 0 unspecified atom stereocenters. The van der Waals surface area contributed by atoms with E-state index in [2.05, 4.69) is 30.1 Å². The Hall–Kier alpha value is -3.78. The van der Waals surface area contributed by atoms with Crippen LogP contribution in [0.25, 0.3) is 11.1 Å². The molecule has 230 valence electrons. The number of aliphatic imine (C=N–C) groups is 1. The van der Waals surface area contributed by atoms with Crippen LogP contribution in [0.2, 0.25) is 0 Å². The first-order valence-corrected chi connectivity index (χ1v) is 16.4. The Labute approximate surface area is 259 Å². The van der Waals surface area contributed by atoms with Crippen LogP contribution in [0.3, 0.4) is 0 Å². The van der Waals surface area contributed by atoms with Gasteiger partial charge in [0.1, 0.15) is 17.2 Å². The molecule has 0 atom stereocenters. The van der Waals surface area contributed by atoms with Crippen LogP contribution < -0.4 is 9.47 Å². The zero-order valence-corrected chi connectivity index (χ0v) is 26.1. The second-order valence-corrected chi connectivity index (χ2v) is 11.3. The smallest absolute Gasteiger partial charge is 0.128 e. The molecular formula is C38H50N2O3. The maximum Gasteiger partial charge on any atom is 0.128 e. The van der Waals surface area contributed by atoms with Crippen LogP contribution in [-0.2, 0) is 0 Å². The van der Waals surface area contributed by atoms with E-state index in [0.29, 0.717) is 17.9 Å². The highest BCUT2D eigenvalue weighted by Crippen LogP contribution is 2.24. The molecule has 43 heavy (non-hydrogen) atoms. The monoisotopic (exact) mass is 582 g/mol. The molecule has 0 bridgehead atoms. The van der Waals surface area contributed by atoms with Crippen LogP contribution in [0.5, 0.6) is 17.2 Å². The van der Waals surface area contributed by atoms with Crippen LogP contribution in [0.15, 0.2) is 71.7 Å². The van der Waals surface area contributed by atoms with E-state index in [9.17, 15) is 5.11 Å². The fourth-order valence-electron chi connectivity index (χ4n) is 4.99. The number of benzene rings is 3. The molecule has 0 saturated carbocycles. The van der Waals surface area contributed by atoms with Crippen molar-refractivity contribution in [2.24, 2.45) is 4.99 Å². The minimum Gasteiger partial charge on any atom is -0.507 e. The van der Waals surface area contributed by atoms with E-state index >= 15 is 0 Å². The predicted molar refractivity (Wildman–Crippen MR) is 178 cm³/mol. The first kappa shape index (κ1) is 33.7. The molecule has 1 N–H and O–H groups in total. The second kappa shape index (κ2) is 21.0. The van der Waals surface area contributed by atoms with Gasteiger partial charge in [-0.1, -0.05) is 102 Å². The van der Waals surface area contributed by atoms with Crippen molar-refractivity contribution in [3.63, 3.8) is 0 Å². The van der Waals surface area contributed by atoms with E-state index in [1.54, 1.807) is 12.3 Å². The molecule has 5 nitrogen and oxygen atoms in total. The molecule has 3 aromatic rings. The Balaban J connectivity index is 1.16. The van der Waals surface area contributed by atoms with Gasteiger partial charge in [-0.2, -0.15) is 5.26 Å². The van der Waals surface area contributed by atoms with Crippen molar-refractivity contribution in [2.45, 2.75) is 96.8 Å². The molecule has 0 saturated heterocycles. The van der Waals surface area contributed by atoms with Crippen molar-refractivity contribution in [3.8, 4) is 34.4 Å². The molecule has 5 heteroatoms. The van der Waals surface area contributed by atoms with Gasteiger partial charge in [0.25, 0.3) is 0 Å². The van der Waals surface area contributed by atoms with Crippen LogP contribution in [0, 0.1) is 11.3 Å². The number of ether oxygens (including phenoxy) is 2. The summed E-state index contributed by atoms with van der Waals surface area (Å²) in [6.45, 7) is 4.47. The predicted octanol–water partition coefficient (Wildman–Crippen LogP) is 10.3. The summed E-state index contributed by atoms with van der Waals surface area (Å²) >= 11 is 0. The van der Waals surface area contributed by atoms with Crippen LogP contribution in [0.4, 0.5) is 0 Å². The Morgan fingerprint density at radius 1 is 0.651 bits per heavy atom. The van der Waals surface area contributed by atoms with E-state index in [1.165, 1.54) is 64.2 Å². The summed E-state index contributed by atoms with van der Waals surface area (Å²) in [5.41, 5.74) is 3.64. The summed E-state index contributed by atoms with van der Waals surface area (Å²) < 4.78 is 11.8. The van der Waals surface area contributed by atoms with Crippen LogP contribution in [0.1, 0.15) is 108 Å². The number of aromatic hydroxyl groups is 1. The number of hydrogen-bond acceptors (Lipinski definition) is 5. The molecule has 0 spiro atoms. The number of rotatable bonds is 22. The molecule has 0 aromatic heterocycles. The quantitative estimate of drug-likeness (QED) is 0.0944. The third kappa shape index (κ3) is 13.8. The van der Waals surface area contributed by atoms with Crippen molar-refractivity contribution in [1.82, 2.24) is 0 Å². The lowest BCUT2D eigenvalue weighted by Gasteiger charge is -2.08. The Morgan fingerprint density at radius 2 is 1.16 bits per heavy atom. The summed E-state index contributed by atoms with van der Waals surface area (Å²) in [5, 5.41) is 19.3. The number of phenolic OH excluding ortho intramolecular Hbond substituents is 1. The first-order chi connectivity index (χ1) is 21.2. The first-order valence-electron chi connectivity index (χ1n) is 16.4. The Bertz CT molecular complexity index is 1230. The minimum atomic E-state index is 0.227. The number of unbranched alkanes of at least 4 members (excludes halogenated alkanes) is 12. The number of phenols is 1. The highest BCUT2D eigenvalue weighted by atomic mass is 16.5. The van der Waals surface area contributed by atoms with Gasteiger partial charge in [-0.3, -0.25) is 4.99 Å². The number of nitriles is 1. The zero-order chi connectivity index (χ0) is 30.4. The Kier molecular flexibility index (Phi) is 16.5. The van der Waals surface area contributed by atoms with E-state index in [1.807, 2.05) is 48.5 Å². The van der Waals surface area contributed by atoms with Crippen molar-refractivity contribution < 1.29 is 14.6 Å². The lowest BCUT2D eigenvalue weighted by atomic mass is 10.0. The number of hydrogen-bond donors (Lipinski definition) is 1.